The van der Waals surface area contributed by atoms with Gasteiger partial charge in [-0.15, -0.1) is 0 Å². The molecular formula is C60H40N4. The first-order valence-corrected chi connectivity index (χ1v) is 21.6. The summed E-state index contributed by atoms with van der Waals surface area (Å²) in [5.41, 5.74) is 13.8. The highest BCUT2D eigenvalue weighted by atomic mass is 15.2. The molecule has 0 saturated carbocycles. The van der Waals surface area contributed by atoms with Gasteiger partial charge in [-0.05, 0) is 98.1 Å². The van der Waals surface area contributed by atoms with Crippen molar-refractivity contribution in [3.63, 3.8) is 0 Å². The van der Waals surface area contributed by atoms with Crippen molar-refractivity contribution in [3.8, 4) is 45.1 Å². The van der Waals surface area contributed by atoms with Crippen molar-refractivity contribution in [3.05, 3.63) is 241 Å². The van der Waals surface area contributed by atoms with Crippen molar-refractivity contribution in [2.75, 3.05) is 0 Å². The molecule has 3 aromatic heterocycles. The second-order valence-corrected chi connectivity index (χ2v) is 16.3. The van der Waals surface area contributed by atoms with Crippen LogP contribution in [0.2, 0.25) is 0 Å². The lowest BCUT2D eigenvalue weighted by atomic mass is 10.00. The molecular weight excluding hydrogens is 777 g/mol. The molecule has 0 spiro atoms. The fourth-order valence-electron chi connectivity index (χ4n) is 9.63. The minimum Gasteiger partial charge on any atom is -0.309 e. The van der Waals surface area contributed by atoms with Crippen LogP contribution < -0.4 is 10.4 Å². The lowest BCUT2D eigenvalue weighted by Gasteiger charge is -2.14. The Morgan fingerprint density at radius 2 is 0.969 bits per heavy atom. The fourth-order valence-corrected chi connectivity index (χ4v) is 9.63. The first kappa shape index (κ1) is 37.2. The molecule has 0 unspecified atom stereocenters. The van der Waals surface area contributed by atoms with Gasteiger partial charge < -0.3 is 4.57 Å². The van der Waals surface area contributed by atoms with Gasteiger partial charge in [0.2, 0.25) is 5.95 Å². The molecule has 0 aliphatic rings. The maximum Gasteiger partial charge on any atom is 0.235 e. The van der Waals surface area contributed by atoms with Gasteiger partial charge in [0.1, 0.15) is 0 Å². The first-order valence-electron chi connectivity index (χ1n) is 21.6. The normalized spacial score (nSPS) is 12.1. The van der Waals surface area contributed by atoms with E-state index in [9.17, 15) is 0 Å². The molecule has 0 bridgehead atoms. The molecule has 0 fully saturated rings. The van der Waals surface area contributed by atoms with Gasteiger partial charge in [-0.1, -0.05) is 177 Å². The highest BCUT2D eigenvalue weighted by molar-refractivity contribution is 6.12. The lowest BCUT2D eigenvalue weighted by Crippen LogP contribution is -2.25. The zero-order valence-corrected chi connectivity index (χ0v) is 35.0. The van der Waals surface area contributed by atoms with Crippen LogP contribution in [0.1, 0.15) is 5.69 Å². The van der Waals surface area contributed by atoms with Crippen LogP contribution in [0.25, 0.3) is 112 Å². The Morgan fingerprint density at radius 1 is 0.422 bits per heavy atom. The standard InChI is InChI=1S/C60H40N4/c1-3-46(47-21-9-7-16-39(47)2)54-38-55(49-25-15-20-42-19-8-10-22-48(42)49)62-60(61-54)64-57-27-14-12-24-51(57)53-37-44(31-35-59(53)64)43-30-34-58-52(36-43)50-23-11-13-26-56(50)63(58)45-32-28-41(29-33-45)40-17-5-4-6-18-40/h3-38H,1-2H2/b47-46+. The Bertz CT molecular complexity index is 3920. The molecule has 12 aromatic rings. The molecule has 0 aliphatic carbocycles. The van der Waals surface area contributed by atoms with E-state index in [4.69, 9.17) is 9.97 Å². The molecule has 0 amide bonds. The van der Waals surface area contributed by atoms with E-state index in [1.54, 1.807) is 0 Å². The van der Waals surface area contributed by atoms with Gasteiger partial charge in [-0.25, -0.2) is 9.97 Å². The number of hydrogen-bond donors (Lipinski definition) is 0. The van der Waals surface area contributed by atoms with E-state index in [1.165, 1.54) is 32.9 Å². The maximum absolute atomic E-state index is 5.41. The molecule has 3 heterocycles. The summed E-state index contributed by atoms with van der Waals surface area (Å²) in [6.07, 6.45) is 1.89. The molecule has 4 heteroatoms. The molecule has 0 N–H and O–H groups in total. The number of nitrogens with zero attached hydrogens (tertiary/aromatic N) is 4. The smallest absolute Gasteiger partial charge is 0.235 e. The molecule has 0 saturated heterocycles. The third-order valence-electron chi connectivity index (χ3n) is 12.7. The Labute approximate surface area is 370 Å². The molecule has 4 nitrogen and oxygen atoms in total. The predicted molar refractivity (Wildman–Crippen MR) is 268 cm³/mol. The van der Waals surface area contributed by atoms with E-state index in [0.717, 1.165) is 82.4 Å². The molecule has 12 rings (SSSR count). The minimum absolute atomic E-state index is 0.589. The number of fused-ring (bicyclic) bond motifs is 7. The average molecular weight is 817 g/mol. The first-order chi connectivity index (χ1) is 31.6. The van der Waals surface area contributed by atoms with E-state index in [-0.39, 0.29) is 0 Å². The highest BCUT2D eigenvalue weighted by Gasteiger charge is 2.20. The average Bonchev–Trinajstić information content (AvgIpc) is 3.87. The topological polar surface area (TPSA) is 35.6 Å². The number of hydrogen-bond acceptors (Lipinski definition) is 2. The number of aromatic nitrogens is 4. The van der Waals surface area contributed by atoms with Gasteiger partial charge in [0.25, 0.3) is 0 Å². The Hall–Kier alpha value is -8.60. The second-order valence-electron chi connectivity index (χ2n) is 16.3. The van der Waals surface area contributed by atoms with Crippen LogP contribution in [0.5, 0.6) is 0 Å². The quantitative estimate of drug-likeness (QED) is 0.161. The Morgan fingerprint density at radius 3 is 1.67 bits per heavy atom. The summed E-state index contributed by atoms with van der Waals surface area (Å²) in [6, 6.07) is 75.5. The van der Waals surface area contributed by atoms with Crippen molar-refractivity contribution in [1.82, 2.24) is 19.1 Å². The van der Waals surface area contributed by atoms with Crippen molar-refractivity contribution >= 4 is 66.5 Å². The Kier molecular flexibility index (Phi) is 8.77. The summed E-state index contributed by atoms with van der Waals surface area (Å²) in [7, 11) is 0. The second kappa shape index (κ2) is 15.1. The van der Waals surface area contributed by atoms with Crippen molar-refractivity contribution < 1.29 is 0 Å². The molecule has 9 aromatic carbocycles. The van der Waals surface area contributed by atoms with Crippen LogP contribution in [0.4, 0.5) is 0 Å². The van der Waals surface area contributed by atoms with E-state index in [0.29, 0.717) is 5.95 Å². The number of allylic oxidation sites excluding steroid dienone is 1. The zero-order chi connectivity index (χ0) is 42.7. The molecule has 300 valence electrons. The fraction of sp³-hybridized carbons (Fsp3) is 0. The van der Waals surface area contributed by atoms with E-state index in [2.05, 4.69) is 216 Å². The van der Waals surface area contributed by atoms with Crippen molar-refractivity contribution in [1.29, 1.82) is 0 Å². The van der Waals surface area contributed by atoms with Crippen LogP contribution in [0.3, 0.4) is 0 Å². The van der Waals surface area contributed by atoms with Crippen molar-refractivity contribution in [2.24, 2.45) is 0 Å². The number of rotatable bonds is 7. The monoisotopic (exact) mass is 816 g/mol. The predicted octanol–water partition coefficient (Wildman–Crippen LogP) is 13.6. The number of benzene rings is 9. The summed E-state index contributed by atoms with van der Waals surface area (Å²) in [4.78, 5) is 10.8. The SMILES string of the molecule is C=C/C(c1cc(-c2cccc3ccccc23)nc(-n2c3ccccc3c3cc(-c4ccc5c(c4)c4ccccc4n5-c4ccc(-c5ccccc5)cc4)ccc32)n1)=c1/ccccc1=C. The van der Waals surface area contributed by atoms with Crippen LogP contribution in [0.15, 0.2) is 225 Å². The van der Waals surface area contributed by atoms with Gasteiger partial charge >= 0.3 is 0 Å². The van der Waals surface area contributed by atoms with E-state index < -0.39 is 0 Å². The summed E-state index contributed by atoms with van der Waals surface area (Å²) in [6.45, 7) is 8.63. The summed E-state index contributed by atoms with van der Waals surface area (Å²) >= 11 is 0. The highest BCUT2D eigenvalue weighted by Crippen LogP contribution is 2.39. The van der Waals surface area contributed by atoms with Gasteiger partial charge in [-0.2, -0.15) is 0 Å². The maximum atomic E-state index is 5.41. The van der Waals surface area contributed by atoms with Crippen LogP contribution >= 0.6 is 0 Å². The largest absolute Gasteiger partial charge is 0.309 e. The lowest BCUT2D eigenvalue weighted by molar-refractivity contribution is 0.983. The third-order valence-corrected chi connectivity index (χ3v) is 12.7. The van der Waals surface area contributed by atoms with Crippen molar-refractivity contribution in [2.45, 2.75) is 0 Å². The van der Waals surface area contributed by atoms with Gasteiger partial charge in [-0.3, -0.25) is 4.57 Å². The number of para-hydroxylation sites is 2. The van der Waals surface area contributed by atoms with Crippen LogP contribution in [-0.4, -0.2) is 19.1 Å². The van der Waals surface area contributed by atoms with E-state index in [1.807, 2.05) is 24.3 Å². The summed E-state index contributed by atoms with van der Waals surface area (Å²) in [5, 5.41) is 8.88. The minimum atomic E-state index is 0.589. The molecule has 0 aliphatic heterocycles. The van der Waals surface area contributed by atoms with Crippen LogP contribution in [0, 0.1) is 0 Å². The summed E-state index contributed by atoms with van der Waals surface area (Å²) < 4.78 is 4.59. The zero-order valence-electron chi connectivity index (χ0n) is 35.0. The van der Waals surface area contributed by atoms with E-state index >= 15 is 0 Å². The third kappa shape index (κ3) is 6.07. The van der Waals surface area contributed by atoms with Gasteiger partial charge in [0.05, 0.1) is 33.5 Å². The Balaban J connectivity index is 1.03. The molecule has 64 heavy (non-hydrogen) atoms. The summed E-state index contributed by atoms with van der Waals surface area (Å²) in [5.74, 6) is 0.589. The van der Waals surface area contributed by atoms with Crippen LogP contribution in [-0.2, 0) is 0 Å². The van der Waals surface area contributed by atoms with Gasteiger partial charge in [0.15, 0.2) is 0 Å². The van der Waals surface area contributed by atoms with Gasteiger partial charge in [0, 0.05) is 38.4 Å². The molecule has 0 atom stereocenters. The molecule has 0 radical (unpaired) electrons.